The van der Waals surface area contributed by atoms with E-state index in [2.05, 4.69) is 18.8 Å². The minimum Gasteiger partial charge on any atom is -0.393 e. The van der Waals surface area contributed by atoms with Crippen molar-refractivity contribution in [3.63, 3.8) is 0 Å². The Morgan fingerprint density at radius 1 is 1.29 bits per heavy atom. The molecule has 2 heteroatoms. The average molecular weight is 193 g/mol. The lowest BCUT2D eigenvalue weighted by atomic mass is 9.83. The molecule has 0 fully saturated rings. The van der Waals surface area contributed by atoms with Gasteiger partial charge in [-0.15, -0.1) is 0 Å². The van der Waals surface area contributed by atoms with Crippen LogP contribution in [0.1, 0.15) is 37.8 Å². The predicted octanol–water partition coefficient (Wildman–Crippen LogP) is 2.51. The van der Waals surface area contributed by atoms with E-state index < -0.39 is 0 Å². The lowest BCUT2D eigenvalue weighted by Crippen LogP contribution is -2.21. The van der Waals surface area contributed by atoms with E-state index in [-0.39, 0.29) is 12.0 Å². The fourth-order valence-corrected chi connectivity index (χ4v) is 2.03. The summed E-state index contributed by atoms with van der Waals surface area (Å²) in [6, 6.07) is 2.01. The van der Waals surface area contributed by atoms with E-state index in [1.807, 2.05) is 26.1 Å². The first kappa shape index (κ1) is 11.2. The van der Waals surface area contributed by atoms with Crippen LogP contribution in [0.3, 0.4) is 0 Å². The van der Waals surface area contributed by atoms with Crippen molar-refractivity contribution in [2.24, 2.45) is 5.92 Å². The van der Waals surface area contributed by atoms with Crippen molar-refractivity contribution in [2.75, 3.05) is 0 Å². The van der Waals surface area contributed by atoms with E-state index >= 15 is 0 Å². The van der Waals surface area contributed by atoms with Gasteiger partial charge in [-0.1, -0.05) is 13.8 Å². The Bertz CT molecular complexity index is 286. The highest BCUT2D eigenvalue weighted by Crippen LogP contribution is 2.29. The van der Waals surface area contributed by atoms with Gasteiger partial charge < -0.3 is 5.11 Å². The number of aryl methyl sites for hydroxylation is 1. The Balaban J connectivity index is 3.05. The molecule has 0 bridgehead atoms. The maximum atomic E-state index is 9.74. The molecule has 1 heterocycles. The molecule has 0 saturated carbocycles. The van der Waals surface area contributed by atoms with Crippen molar-refractivity contribution in [3.8, 4) is 0 Å². The fraction of sp³-hybridized carbons (Fsp3) is 0.583. The van der Waals surface area contributed by atoms with Crippen LogP contribution in [-0.4, -0.2) is 16.2 Å². The van der Waals surface area contributed by atoms with Crippen LogP contribution in [0.15, 0.2) is 18.5 Å². The molecule has 2 unspecified atom stereocenters. The Kier molecular flexibility index (Phi) is 3.64. The van der Waals surface area contributed by atoms with Gasteiger partial charge in [-0.2, -0.15) is 0 Å². The quantitative estimate of drug-likeness (QED) is 0.800. The zero-order valence-electron chi connectivity index (χ0n) is 9.36. The van der Waals surface area contributed by atoms with Gasteiger partial charge in [-0.05, 0) is 37.0 Å². The molecule has 0 aliphatic rings. The molecule has 0 spiro atoms. The summed E-state index contributed by atoms with van der Waals surface area (Å²) in [5.74, 6) is 0.647. The van der Waals surface area contributed by atoms with Crippen molar-refractivity contribution in [1.82, 2.24) is 4.98 Å². The minimum atomic E-state index is -0.309. The van der Waals surface area contributed by atoms with Crippen molar-refractivity contribution >= 4 is 0 Å². The summed E-state index contributed by atoms with van der Waals surface area (Å²) >= 11 is 0. The first-order valence-electron chi connectivity index (χ1n) is 5.12. The van der Waals surface area contributed by atoms with Crippen LogP contribution in [0.5, 0.6) is 0 Å². The third-order valence-electron chi connectivity index (χ3n) is 2.66. The first-order chi connectivity index (χ1) is 6.54. The summed E-state index contributed by atoms with van der Waals surface area (Å²) in [5, 5.41) is 9.74. The molecule has 0 aliphatic carbocycles. The molecule has 0 radical (unpaired) electrons. The molecular weight excluding hydrogens is 174 g/mol. The van der Waals surface area contributed by atoms with Gasteiger partial charge in [0.15, 0.2) is 0 Å². The fourth-order valence-electron chi connectivity index (χ4n) is 2.03. The Morgan fingerprint density at radius 3 is 2.36 bits per heavy atom. The number of nitrogens with zero attached hydrogens (tertiary/aromatic N) is 1. The van der Waals surface area contributed by atoms with Gasteiger partial charge in [-0.25, -0.2) is 0 Å². The zero-order chi connectivity index (χ0) is 10.7. The van der Waals surface area contributed by atoms with Crippen LogP contribution < -0.4 is 0 Å². The van der Waals surface area contributed by atoms with Crippen LogP contribution in [0.4, 0.5) is 0 Å². The van der Waals surface area contributed by atoms with Gasteiger partial charge in [-0.3, -0.25) is 4.98 Å². The molecule has 14 heavy (non-hydrogen) atoms. The molecular formula is C12H19NO. The van der Waals surface area contributed by atoms with Crippen molar-refractivity contribution in [2.45, 2.75) is 39.7 Å². The molecule has 1 aromatic rings. The molecule has 2 atom stereocenters. The summed E-state index contributed by atoms with van der Waals surface area (Å²) in [6.07, 6.45) is 3.34. The highest BCUT2D eigenvalue weighted by atomic mass is 16.3. The summed E-state index contributed by atoms with van der Waals surface area (Å²) in [6.45, 7) is 8.17. The van der Waals surface area contributed by atoms with E-state index in [0.717, 1.165) is 5.56 Å². The van der Waals surface area contributed by atoms with Gasteiger partial charge in [0.1, 0.15) is 0 Å². The number of aromatic nitrogens is 1. The van der Waals surface area contributed by atoms with Crippen LogP contribution in [-0.2, 0) is 0 Å². The van der Waals surface area contributed by atoms with Crippen LogP contribution in [0.25, 0.3) is 0 Å². The monoisotopic (exact) mass is 193 g/mol. The number of hydrogen-bond acceptors (Lipinski definition) is 2. The molecule has 78 valence electrons. The van der Waals surface area contributed by atoms with E-state index in [9.17, 15) is 5.11 Å². The maximum Gasteiger partial charge on any atom is 0.0583 e. The molecule has 0 amide bonds. The summed E-state index contributed by atoms with van der Waals surface area (Å²) in [5.41, 5.74) is 2.37. The van der Waals surface area contributed by atoms with E-state index in [1.54, 1.807) is 6.20 Å². The predicted molar refractivity (Wildman–Crippen MR) is 58.2 cm³/mol. The number of pyridine rings is 1. The van der Waals surface area contributed by atoms with E-state index in [4.69, 9.17) is 0 Å². The van der Waals surface area contributed by atoms with Crippen molar-refractivity contribution < 1.29 is 5.11 Å². The Labute approximate surface area is 86.0 Å². The number of aliphatic hydroxyl groups is 1. The van der Waals surface area contributed by atoms with Crippen LogP contribution >= 0.6 is 0 Å². The van der Waals surface area contributed by atoms with E-state index in [1.165, 1.54) is 5.56 Å². The standard InChI is InChI=1S/C12H19NO/c1-8(2)12(10(4)14)11-5-6-13-7-9(11)3/h5-8,10,12,14H,1-4H3. The Hall–Kier alpha value is -0.890. The molecule has 0 saturated heterocycles. The SMILES string of the molecule is Cc1cnccc1C(C(C)C)C(C)O. The van der Waals surface area contributed by atoms with Crippen LogP contribution in [0, 0.1) is 12.8 Å². The zero-order valence-corrected chi connectivity index (χ0v) is 9.36. The number of hydrogen-bond donors (Lipinski definition) is 1. The smallest absolute Gasteiger partial charge is 0.0583 e. The normalized spacial score (nSPS) is 15.6. The van der Waals surface area contributed by atoms with Gasteiger partial charge in [0.05, 0.1) is 6.10 Å². The second-order valence-electron chi connectivity index (χ2n) is 4.24. The van der Waals surface area contributed by atoms with Gasteiger partial charge >= 0.3 is 0 Å². The third kappa shape index (κ3) is 2.32. The summed E-state index contributed by atoms with van der Waals surface area (Å²) < 4.78 is 0. The largest absolute Gasteiger partial charge is 0.393 e. The molecule has 0 aliphatic heterocycles. The number of rotatable bonds is 3. The first-order valence-corrected chi connectivity index (χ1v) is 5.12. The van der Waals surface area contributed by atoms with E-state index in [0.29, 0.717) is 5.92 Å². The second kappa shape index (κ2) is 4.56. The molecule has 1 N–H and O–H groups in total. The maximum absolute atomic E-state index is 9.74. The molecule has 0 aromatic carbocycles. The highest BCUT2D eigenvalue weighted by molar-refractivity contribution is 5.27. The highest BCUT2D eigenvalue weighted by Gasteiger charge is 2.22. The summed E-state index contributed by atoms with van der Waals surface area (Å²) in [4.78, 5) is 4.06. The van der Waals surface area contributed by atoms with Crippen LogP contribution in [0.2, 0.25) is 0 Å². The summed E-state index contributed by atoms with van der Waals surface area (Å²) in [7, 11) is 0. The van der Waals surface area contributed by atoms with Gasteiger partial charge in [0.2, 0.25) is 0 Å². The number of aliphatic hydroxyl groups excluding tert-OH is 1. The third-order valence-corrected chi connectivity index (χ3v) is 2.66. The van der Waals surface area contributed by atoms with Crippen molar-refractivity contribution in [3.05, 3.63) is 29.6 Å². The van der Waals surface area contributed by atoms with Gasteiger partial charge in [0.25, 0.3) is 0 Å². The molecule has 1 aromatic heterocycles. The van der Waals surface area contributed by atoms with Gasteiger partial charge in [0, 0.05) is 18.3 Å². The Morgan fingerprint density at radius 2 is 1.93 bits per heavy atom. The second-order valence-corrected chi connectivity index (χ2v) is 4.24. The molecule has 2 nitrogen and oxygen atoms in total. The minimum absolute atomic E-state index is 0.206. The van der Waals surface area contributed by atoms with Crippen molar-refractivity contribution in [1.29, 1.82) is 0 Å². The lowest BCUT2D eigenvalue weighted by molar-refractivity contribution is 0.140. The topological polar surface area (TPSA) is 33.1 Å². The molecule has 1 rings (SSSR count). The average Bonchev–Trinajstić information content (AvgIpc) is 2.07. The lowest BCUT2D eigenvalue weighted by Gasteiger charge is -2.25.